The Bertz CT molecular complexity index is 237. The smallest absolute Gasteiger partial charge is 0.0224 e. The lowest BCUT2D eigenvalue weighted by molar-refractivity contribution is 0.0979. The molecule has 1 aliphatic heterocycles. The molecule has 1 saturated carbocycles. The van der Waals surface area contributed by atoms with Gasteiger partial charge in [-0.3, -0.25) is 4.90 Å². The zero-order valence-electron chi connectivity index (χ0n) is 12.6. The van der Waals surface area contributed by atoms with Crippen LogP contribution in [0.2, 0.25) is 0 Å². The largest absolute Gasteiger partial charge is 0.311 e. The molecule has 0 radical (unpaired) electrons. The lowest BCUT2D eigenvalue weighted by Crippen LogP contribution is -2.57. The number of hydrogen-bond donors (Lipinski definition) is 1. The van der Waals surface area contributed by atoms with Crippen LogP contribution in [0, 0.1) is 11.8 Å². The standard InChI is InChI=1S/C16H32N2/c1-4-6-13(3)11-18-12-16(14-8-9-14)17-10-15(18)7-5-2/h13-17H,4-12H2,1-3H3. The van der Waals surface area contributed by atoms with Crippen LogP contribution < -0.4 is 5.32 Å². The Morgan fingerprint density at radius 1 is 1.22 bits per heavy atom. The van der Waals surface area contributed by atoms with Gasteiger partial charge in [0.25, 0.3) is 0 Å². The van der Waals surface area contributed by atoms with Gasteiger partial charge in [-0.1, -0.05) is 33.6 Å². The summed E-state index contributed by atoms with van der Waals surface area (Å²) >= 11 is 0. The molecule has 0 aromatic carbocycles. The molecular formula is C16H32N2. The molecule has 2 rings (SSSR count). The Morgan fingerprint density at radius 2 is 2.00 bits per heavy atom. The highest BCUT2D eigenvalue weighted by Crippen LogP contribution is 2.34. The van der Waals surface area contributed by atoms with Crippen LogP contribution in [0.15, 0.2) is 0 Å². The normalized spacial score (nSPS) is 31.5. The van der Waals surface area contributed by atoms with Gasteiger partial charge >= 0.3 is 0 Å². The molecule has 0 spiro atoms. The SMILES string of the molecule is CCCC(C)CN1CC(C2CC2)NCC1CCC. The van der Waals surface area contributed by atoms with E-state index in [4.69, 9.17) is 0 Å². The molecule has 106 valence electrons. The fraction of sp³-hybridized carbons (Fsp3) is 1.00. The number of hydrogen-bond acceptors (Lipinski definition) is 2. The fourth-order valence-corrected chi connectivity index (χ4v) is 3.52. The van der Waals surface area contributed by atoms with Crippen molar-refractivity contribution in [2.24, 2.45) is 11.8 Å². The van der Waals surface area contributed by atoms with Crippen molar-refractivity contribution < 1.29 is 0 Å². The van der Waals surface area contributed by atoms with Gasteiger partial charge in [0.1, 0.15) is 0 Å². The lowest BCUT2D eigenvalue weighted by Gasteiger charge is -2.42. The minimum Gasteiger partial charge on any atom is -0.311 e. The number of nitrogens with zero attached hydrogens (tertiary/aromatic N) is 1. The van der Waals surface area contributed by atoms with Gasteiger partial charge in [-0.25, -0.2) is 0 Å². The van der Waals surface area contributed by atoms with Crippen LogP contribution in [0.25, 0.3) is 0 Å². The lowest BCUT2D eigenvalue weighted by atomic mass is 9.98. The summed E-state index contributed by atoms with van der Waals surface area (Å²) in [7, 11) is 0. The van der Waals surface area contributed by atoms with Crippen molar-refractivity contribution in [2.45, 2.75) is 71.4 Å². The van der Waals surface area contributed by atoms with Gasteiger partial charge in [-0.15, -0.1) is 0 Å². The van der Waals surface area contributed by atoms with Crippen molar-refractivity contribution in [3.63, 3.8) is 0 Å². The van der Waals surface area contributed by atoms with Crippen LogP contribution in [0.4, 0.5) is 0 Å². The number of piperazine rings is 1. The summed E-state index contributed by atoms with van der Waals surface area (Å²) in [6.07, 6.45) is 8.33. The minimum absolute atomic E-state index is 0.796. The monoisotopic (exact) mass is 252 g/mol. The van der Waals surface area contributed by atoms with Crippen molar-refractivity contribution in [2.75, 3.05) is 19.6 Å². The molecule has 0 aromatic rings. The average molecular weight is 252 g/mol. The highest BCUT2D eigenvalue weighted by atomic mass is 15.2. The first-order valence-electron chi connectivity index (χ1n) is 8.22. The molecule has 1 heterocycles. The van der Waals surface area contributed by atoms with Gasteiger partial charge < -0.3 is 5.32 Å². The number of nitrogens with one attached hydrogen (secondary N) is 1. The van der Waals surface area contributed by atoms with E-state index in [0.29, 0.717) is 0 Å². The maximum Gasteiger partial charge on any atom is 0.0224 e. The third kappa shape index (κ3) is 3.96. The Kier molecular flexibility index (Phi) is 5.50. The number of rotatable bonds is 7. The second kappa shape index (κ2) is 6.91. The van der Waals surface area contributed by atoms with E-state index in [-0.39, 0.29) is 0 Å². The summed E-state index contributed by atoms with van der Waals surface area (Å²) < 4.78 is 0. The van der Waals surface area contributed by atoms with Gasteiger partial charge in [0.05, 0.1) is 0 Å². The van der Waals surface area contributed by atoms with Crippen molar-refractivity contribution in [3.8, 4) is 0 Å². The van der Waals surface area contributed by atoms with Gasteiger partial charge in [0.15, 0.2) is 0 Å². The summed E-state index contributed by atoms with van der Waals surface area (Å²) in [5, 5.41) is 3.81. The summed E-state index contributed by atoms with van der Waals surface area (Å²) in [5.41, 5.74) is 0. The van der Waals surface area contributed by atoms with Gasteiger partial charge in [-0.05, 0) is 37.5 Å². The van der Waals surface area contributed by atoms with Gasteiger partial charge in [0.2, 0.25) is 0 Å². The second-order valence-corrected chi connectivity index (χ2v) is 6.64. The second-order valence-electron chi connectivity index (χ2n) is 6.64. The highest BCUT2D eigenvalue weighted by molar-refractivity contribution is 4.94. The minimum atomic E-state index is 0.796. The van der Waals surface area contributed by atoms with E-state index in [1.54, 1.807) is 0 Å². The van der Waals surface area contributed by atoms with E-state index in [2.05, 4.69) is 31.0 Å². The van der Waals surface area contributed by atoms with Crippen LogP contribution in [0.5, 0.6) is 0 Å². The Hall–Kier alpha value is -0.0800. The van der Waals surface area contributed by atoms with Crippen LogP contribution in [0.1, 0.15) is 59.3 Å². The topological polar surface area (TPSA) is 15.3 Å². The molecule has 2 aliphatic rings. The molecule has 0 bridgehead atoms. The van der Waals surface area contributed by atoms with E-state index in [0.717, 1.165) is 23.9 Å². The van der Waals surface area contributed by atoms with E-state index >= 15 is 0 Å². The third-order valence-corrected chi connectivity index (χ3v) is 4.70. The molecular weight excluding hydrogens is 220 g/mol. The zero-order chi connectivity index (χ0) is 13.0. The van der Waals surface area contributed by atoms with Crippen molar-refractivity contribution in [1.29, 1.82) is 0 Å². The van der Waals surface area contributed by atoms with Gasteiger partial charge in [-0.2, -0.15) is 0 Å². The first-order valence-corrected chi connectivity index (χ1v) is 8.22. The van der Waals surface area contributed by atoms with Crippen LogP contribution in [-0.4, -0.2) is 36.6 Å². The molecule has 2 nitrogen and oxygen atoms in total. The predicted octanol–water partition coefficient (Wildman–Crippen LogP) is 3.28. The molecule has 1 N–H and O–H groups in total. The Labute approximate surface area is 114 Å². The van der Waals surface area contributed by atoms with Gasteiger partial charge in [0, 0.05) is 31.7 Å². The Balaban J connectivity index is 1.86. The van der Waals surface area contributed by atoms with Crippen LogP contribution in [0.3, 0.4) is 0 Å². The molecule has 2 heteroatoms. The average Bonchev–Trinajstić information content (AvgIpc) is 3.16. The molecule has 3 unspecified atom stereocenters. The third-order valence-electron chi connectivity index (χ3n) is 4.70. The van der Waals surface area contributed by atoms with E-state index in [1.807, 2.05) is 0 Å². The van der Waals surface area contributed by atoms with E-state index in [1.165, 1.54) is 58.2 Å². The quantitative estimate of drug-likeness (QED) is 0.748. The first-order chi connectivity index (χ1) is 8.74. The van der Waals surface area contributed by atoms with Crippen LogP contribution >= 0.6 is 0 Å². The van der Waals surface area contributed by atoms with Crippen molar-refractivity contribution >= 4 is 0 Å². The molecule has 1 saturated heterocycles. The van der Waals surface area contributed by atoms with Crippen molar-refractivity contribution in [3.05, 3.63) is 0 Å². The summed E-state index contributed by atoms with van der Waals surface area (Å²) in [4.78, 5) is 2.81. The Morgan fingerprint density at radius 3 is 2.61 bits per heavy atom. The zero-order valence-corrected chi connectivity index (χ0v) is 12.6. The van der Waals surface area contributed by atoms with E-state index in [9.17, 15) is 0 Å². The van der Waals surface area contributed by atoms with Crippen LogP contribution in [-0.2, 0) is 0 Å². The van der Waals surface area contributed by atoms with Crippen molar-refractivity contribution in [1.82, 2.24) is 10.2 Å². The molecule has 0 amide bonds. The molecule has 18 heavy (non-hydrogen) atoms. The highest BCUT2D eigenvalue weighted by Gasteiger charge is 2.36. The summed E-state index contributed by atoms with van der Waals surface area (Å²) in [6, 6.07) is 1.59. The molecule has 1 aliphatic carbocycles. The maximum absolute atomic E-state index is 3.81. The molecule has 0 aromatic heterocycles. The first kappa shape index (κ1) is 14.3. The summed E-state index contributed by atoms with van der Waals surface area (Å²) in [5.74, 6) is 1.86. The molecule has 2 fully saturated rings. The fourth-order valence-electron chi connectivity index (χ4n) is 3.52. The van der Waals surface area contributed by atoms with E-state index < -0.39 is 0 Å². The summed E-state index contributed by atoms with van der Waals surface area (Å²) in [6.45, 7) is 10.9. The predicted molar refractivity (Wildman–Crippen MR) is 78.9 cm³/mol. The maximum atomic E-state index is 3.81. The molecule has 3 atom stereocenters.